The molecule has 0 aromatic heterocycles. The van der Waals surface area contributed by atoms with Crippen molar-refractivity contribution in [2.45, 2.75) is 32.1 Å². The SMILES string of the molecule is O=P([O-])([O-])CCCCCOCC1CC2C=CC1C2. The van der Waals surface area contributed by atoms with Crippen LogP contribution in [-0.2, 0) is 9.30 Å². The van der Waals surface area contributed by atoms with Crippen molar-refractivity contribution in [1.29, 1.82) is 0 Å². The van der Waals surface area contributed by atoms with Crippen molar-refractivity contribution >= 4 is 7.60 Å². The third kappa shape index (κ3) is 4.51. The topological polar surface area (TPSA) is 72.4 Å². The van der Waals surface area contributed by atoms with Gasteiger partial charge in [-0.15, -0.1) is 0 Å². The molecule has 0 radical (unpaired) electrons. The molecular formula is C13H21O4P-2. The zero-order valence-corrected chi connectivity index (χ0v) is 11.5. The second kappa shape index (κ2) is 6.33. The van der Waals surface area contributed by atoms with Gasteiger partial charge >= 0.3 is 0 Å². The molecule has 104 valence electrons. The fraction of sp³-hybridized carbons (Fsp3) is 0.846. The lowest BCUT2D eigenvalue weighted by atomic mass is 9.95. The summed E-state index contributed by atoms with van der Waals surface area (Å²) in [5.41, 5.74) is 0. The predicted octanol–water partition coefficient (Wildman–Crippen LogP) is 1.30. The summed E-state index contributed by atoms with van der Waals surface area (Å²) in [6, 6.07) is 0. The number of allylic oxidation sites excluding steroid dienone is 2. The second-order valence-corrected chi connectivity index (χ2v) is 7.18. The van der Waals surface area contributed by atoms with Crippen molar-refractivity contribution in [2.75, 3.05) is 19.4 Å². The molecule has 2 rings (SSSR count). The average molecular weight is 272 g/mol. The zero-order valence-electron chi connectivity index (χ0n) is 10.6. The molecule has 0 N–H and O–H groups in total. The van der Waals surface area contributed by atoms with Gasteiger partial charge in [-0.25, -0.2) is 0 Å². The summed E-state index contributed by atoms with van der Waals surface area (Å²) < 4.78 is 16.0. The molecule has 0 spiro atoms. The number of hydrogen-bond donors (Lipinski definition) is 0. The Bertz CT molecular complexity index is 336. The van der Waals surface area contributed by atoms with Gasteiger partial charge in [0.25, 0.3) is 0 Å². The van der Waals surface area contributed by atoms with Crippen molar-refractivity contribution < 1.29 is 19.1 Å². The first-order valence-electron chi connectivity index (χ1n) is 6.82. The molecule has 0 saturated heterocycles. The summed E-state index contributed by atoms with van der Waals surface area (Å²) >= 11 is 0. The molecule has 4 nitrogen and oxygen atoms in total. The minimum Gasteiger partial charge on any atom is -0.811 e. The van der Waals surface area contributed by atoms with E-state index in [1.54, 1.807) is 0 Å². The van der Waals surface area contributed by atoms with Crippen LogP contribution in [0.3, 0.4) is 0 Å². The van der Waals surface area contributed by atoms with E-state index in [1.807, 2.05) is 0 Å². The average Bonchev–Trinajstić information content (AvgIpc) is 2.88. The lowest BCUT2D eigenvalue weighted by molar-refractivity contribution is -0.313. The Labute approximate surface area is 109 Å². The van der Waals surface area contributed by atoms with Crippen LogP contribution in [0.1, 0.15) is 32.1 Å². The van der Waals surface area contributed by atoms with E-state index in [0.717, 1.165) is 31.3 Å². The molecular weight excluding hydrogens is 251 g/mol. The Balaban J connectivity index is 1.45. The maximum atomic E-state index is 10.4. The van der Waals surface area contributed by atoms with Gasteiger partial charge in [-0.3, -0.25) is 0 Å². The molecule has 1 saturated carbocycles. The molecule has 2 aliphatic carbocycles. The van der Waals surface area contributed by atoms with Gasteiger partial charge in [0.2, 0.25) is 0 Å². The molecule has 18 heavy (non-hydrogen) atoms. The quantitative estimate of drug-likeness (QED) is 0.379. The van der Waals surface area contributed by atoms with Crippen LogP contribution in [0.5, 0.6) is 0 Å². The number of rotatable bonds is 8. The normalized spacial score (nSPS) is 30.2. The highest BCUT2D eigenvalue weighted by Crippen LogP contribution is 2.43. The summed E-state index contributed by atoms with van der Waals surface area (Å²) in [5.74, 6) is 2.19. The molecule has 0 amide bonds. The van der Waals surface area contributed by atoms with Gasteiger partial charge in [0.1, 0.15) is 0 Å². The number of fused-ring (bicyclic) bond motifs is 2. The van der Waals surface area contributed by atoms with E-state index in [2.05, 4.69) is 12.2 Å². The Kier molecular flexibility index (Phi) is 5.02. The van der Waals surface area contributed by atoms with E-state index in [0.29, 0.717) is 18.9 Å². The number of hydrogen-bond acceptors (Lipinski definition) is 4. The fourth-order valence-corrected chi connectivity index (χ4v) is 3.62. The smallest absolute Gasteiger partial charge is 0.0500 e. The van der Waals surface area contributed by atoms with Crippen LogP contribution in [0, 0.1) is 17.8 Å². The lowest BCUT2D eigenvalue weighted by Crippen LogP contribution is -2.17. The van der Waals surface area contributed by atoms with Gasteiger partial charge in [0.05, 0.1) is 0 Å². The van der Waals surface area contributed by atoms with E-state index >= 15 is 0 Å². The molecule has 0 aromatic carbocycles. The van der Waals surface area contributed by atoms with Gasteiger partial charge in [0, 0.05) is 13.2 Å². The van der Waals surface area contributed by atoms with Gasteiger partial charge in [-0.2, -0.15) is 0 Å². The monoisotopic (exact) mass is 272 g/mol. The van der Waals surface area contributed by atoms with E-state index in [1.165, 1.54) is 12.8 Å². The standard InChI is InChI=1S/C13H23O4P/c14-18(15,16)7-3-1-2-6-17-10-13-9-11-4-5-12(13)8-11/h4-5,11-13H,1-3,6-10H2,(H2,14,15,16)/p-2. The van der Waals surface area contributed by atoms with Crippen molar-refractivity contribution in [2.24, 2.45) is 17.8 Å². The number of ether oxygens (including phenoxy) is 1. The van der Waals surface area contributed by atoms with E-state index in [9.17, 15) is 14.4 Å². The highest BCUT2D eigenvalue weighted by atomic mass is 31.2. The first kappa shape index (κ1) is 14.3. The highest BCUT2D eigenvalue weighted by molar-refractivity contribution is 7.48. The van der Waals surface area contributed by atoms with Gasteiger partial charge in [-0.1, -0.05) is 26.2 Å². The lowest BCUT2D eigenvalue weighted by Gasteiger charge is -2.29. The van der Waals surface area contributed by atoms with Gasteiger partial charge in [0.15, 0.2) is 0 Å². The van der Waals surface area contributed by atoms with E-state index in [4.69, 9.17) is 4.74 Å². The van der Waals surface area contributed by atoms with Crippen LogP contribution in [0.2, 0.25) is 0 Å². The zero-order chi connectivity index (χ0) is 13.0. The van der Waals surface area contributed by atoms with Crippen LogP contribution >= 0.6 is 7.60 Å². The molecule has 3 unspecified atom stereocenters. The highest BCUT2D eigenvalue weighted by Gasteiger charge is 2.35. The Hall–Kier alpha value is -0.150. The Morgan fingerprint density at radius 1 is 1.17 bits per heavy atom. The minimum absolute atomic E-state index is 0.218. The summed E-state index contributed by atoms with van der Waals surface area (Å²) in [6.07, 6.45) is 9.05. The molecule has 5 heteroatoms. The summed E-state index contributed by atoms with van der Waals surface area (Å²) in [7, 11) is -4.29. The van der Waals surface area contributed by atoms with Crippen LogP contribution in [0.25, 0.3) is 0 Å². The summed E-state index contributed by atoms with van der Waals surface area (Å²) in [6.45, 7) is 1.51. The minimum atomic E-state index is -4.29. The third-order valence-corrected chi connectivity index (χ3v) is 4.83. The third-order valence-electron chi connectivity index (χ3n) is 3.97. The van der Waals surface area contributed by atoms with Crippen molar-refractivity contribution in [1.82, 2.24) is 0 Å². The molecule has 3 atom stereocenters. The number of unbranched alkanes of at least 4 members (excludes halogenated alkanes) is 2. The second-order valence-electron chi connectivity index (χ2n) is 5.51. The van der Waals surface area contributed by atoms with Crippen molar-refractivity contribution in [3.8, 4) is 0 Å². The maximum absolute atomic E-state index is 10.4. The predicted molar refractivity (Wildman–Crippen MR) is 66.0 cm³/mol. The van der Waals surface area contributed by atoms with Crippen LogP contribution in [0.15, 0.2) is 12.2 Å². The molecule has 1 fully saturated rings. The summed E-state index contributed by atoms with van der Waals surface area (Å²) in [5, 5.41) is 0. The molecule has 0 heterocycles. The Morgan fingerprint density at radius 3 is 2.61 bits per heavy atom. The van der Waals surface area contributed by atoms with Crippen LogP contribution in [-0.4, -0.2) is 19.4 Å². The van der Waals surface area contributed by atoms with Gasteiger partial charge in [-0.05, 0) is 49.6 Å². The van der Waals surface area contributed by atoms with Crippen LogP contribution in [0.4, 0.5) is 0 Å². The molecule has 0 aliphatic heterocycles. The first-order chi connectivity index (χ1) is 8.54. The fourth-order valence-electron chi connectivity index (χ4n) is 3.01. The first-order valence-corrected chi connectivity index (χ1v) is 8.54. The molecule has 2 aliphatic rings. The van der Waals surface area contributed by atoms with E-state index < -0.39 is 7.60 Å². The van der Waals surface area contributed by atoms with Crippen molar-refractivity contribution in [3.63, 3.8) is 0 Å². The van der Waals surface area contributed by atoms with Crippen LogP contribution < -0.4 is 9.79 Å². The Morgan fingerprint density at radius 2 is 2.00 bits per heavy atom. The van der Waals surface area contributed by atoms with Gasteiger partial charge < -0.3 is 19.1 Å². The molecule has 0 aromatic rings. The molecule has 2 bridgehead atoms. The largest absolute Gasteiger partial charge is 0.811 e. The van der Waals surface area contributed by atoms with Crippen molar-refractivity contribution in [3.05, 3.63) is 12.2 Å². The maximum Gasteiger partial charge on any atom is 0.0500 e. The van der Waals surface area contributed by atoms with E-state index in [-0.39, 0.29) is 6.16 Å². The summed E-state index contributed by atoms with van der Waals surface area (Å²) in [4.78, 5) is 20.8.